The summed E-state index contributed by atoms with van der Waals surface area (Å²) in [6.45, 7) is 3.70. The molecule has 0 saturated carbocycles. The van der Waals surface area contributed by atoms with Gasteiger partial charge in [-0.05, 0) is 19.9 Å². The highest BCUT2D eigenvalue weighted by Gasteiger charge is 2.22. The van der Waals surface area contributed by atoms with Gasteiger partial charge in [0, 0.05) is 5.56 Å². The SMILES string of the molecule is COc1ccccc1C(CO)OCC(C)(C)C#N. The number of nitrogens with zero attached hydrogens (tertiary/aromatic N) is 1. The topological polar surface area (TPSA) is 62.5 Å². The zero-order valence-electron chi connectivity index (χ0n) is 11.0. The first-order chi connectivity index (χ1) is 8.54. The highest BCUT2D eigenvalue weighted by Crippen LogP contribution is 2.28. The molecule has 1 unspecified atom stereocenters. The van der Waals surface area contributed by atoms with E-state index in [1.807, 2.05) is 24.3 Å². The van der Waals surface area contributed by atoms with E-state index in [2.05, 4.69) is 6.07 Å². The number of aliphatic hydroxyl groups excluding tert-OH is 1. The van der Waals surface area contributed by atoms with Gasteiger partial charge in [0.15, 0.2) is 0 Å². The third-order valence-electron chi connectivity index (χ3n) is 2.60. The van der Waals surface area contributed by atoms with Gasteiger partial charge in [-0.1, -0.05) is 18.2 Å². The molecule has 98 valence electrons. The number of aliphatic hydroxyl groups is 1. The minimum absolute atomic E-state index is 0.151. The van der Waals surface area contributed by atoms with Gasteiger partial charge in [0.2, 0.25) is 0 Å². The largest absolute Gasteiger partial charge is 0.496 e. The number of rotatable bonds is 6. The quantitative estimate of drug-likeness (QED) is 0.840. The summed E-state index contributed by atoms with van der Waals surface area (Å²) in [7, 11) is 1.58. The molecule has 0 aliphatic carbocycles. The van der Waals surface area contributed by atoms with Crippen LogP contribution >= 0.6 is 0 Å². The van der Waals surface area contributed by atoms with Crippen LogP contribution in [0.3, 0.4) is 0 Å². The Morgan fingerprint density at radius 3 is 2.61 bits per heavy atom. The molecule has 0 saturated heterocycles. The molecular formula is C14H19NO3. The predicted molar refractivity (Wildman–Crippen MR) is 68.2 cm³/mol. The first-order valence-corrected chi connectivity index (χ1v) is 5.80. The van der Waals surface area contributed by atoms with Gasteiger partial charge in [0.05, 0.1) is 31.8 Å². The number of nitriles is 1. The minimum Gasteiger partial charge on any atom is -0.496 e. The summed E-state index contributed by atoms with van der Waals surface area (Å²) < 4.78 is 10.9. The van der Waals surface area contributed by atoms with E-state index in [1.165, 1.54) is 0 Å². The Hall–Kier alpha value is -1.57. The Morgan fingerprint density at radius 2 is 2.06 bits per heavy atom. The van der Waals surface area contributed by atoms with Crippen molar-refractivity contribution in [2.75, 3.05) is 20.3 Å². The number of methoxy groups -OCH3 is 1. The first-order valence-electron chi connectivity index (χ1n) is 5.80. The lowest BCUT2D eigenvalue weighted by Gasteiger charge is -2.22. The monoisotopic (exact) mass is 249 g/mol. The fourth-order valence-electron chi connectivity index (χ4n) is 1.51. The molecule has 0 amide bonds. The molecule has 4 heteroatoms. The van der Waals surface area contributed by atoms with Crippen LogP contribution in [0.25, 0.3) is 0 Å². The normalized spacial score (nSPS) is 12.8. The fraction of sp³-hybridized carbons (Fsp3) is 0.500. The van der Waals surface area contributed by atoms with Gasteiger partial charge in [-0.3, -0.25) is 0 Å². The third-order valence-corrected chi connectivity index (χ3v) is 2.60. The molecule has 0 heterocycles. The molecule has 4 nitrogen and oxygen atoms in total. The molecule has 18 heavy (non-hydrogen) atoms. The van der Waals surface area contributed by atoms with E-state index in [0.29, 0.717) is 5.75 Å². The lowest BCUT2D eigenvalue weighted by atomic mass is 9.97. The van der Waals surface area contributed by atoms with E-state index in [4.69, 9.17) is 14.7 Å². The number of hydrogen-bond donors (Lipinski definition) is 1. The molecule has 0 bridgehead atoms. The summed E-state index contributed by atoms with van der Waals surface area (Å²) in [6, 6.07) is 9.54. The highest BCUT2D eigenvalue weighted by molar-refractivity contribution is 5.35. The van der Waals surface area contributed by atoms with E-state index in [9.17, 15) is 5.11 Å². The van der Waals surface area contributed by atoms with Crippen molar-refractivity contribution in [3.63, 3.8) is 0 Å². The lowest BCUT2D eigenvalue weighted by molar-refractivity contribution is -0.0147. The molecule has 0 radical (unpaired) electrons. The minimum atomic E-state index is -0.574. The predicted octanol–water partition coefficient (Wildman–Crippen LogP) is 2.29. The van der Waals surface area contributed by atoms with Crippen LogP contribution in [-0.2, 0) is 4.74 Å². The molecule has 0 aliphatic heterocycles. The summed E-state index contributed by atoms with van der Waals surface area (Å²) in [5.74, 6) is 0.673. The van der Waals surface area contributed by atoms with E-state index >= 15 is 0 Å². The van der Waals surface area contributed by atoms with Crippen LogP contribution in [0.5, 0.6) is 5.75 Å². The van der Waals surface area contributed by atoms with E-state index in [-0.39, 0.29) is 13.2 Å². The van der Waals surface area contributed by atoms with E-state index in [0.717, 1.165) is 5.56 Å². The van der Waals surface area contributed by atoms with Crippen LogP contribution in [-0.4, -0.2) is 25.4 Å². The fourth-order valence-corrected chi connectivity index (χ4v) is 1.51. The van der Waals surface area contributed by atoms with Gasteiger partial charge in [-0.2, -0.15) is 5.26 Å². The second-order valence-corrected chi connectivity index (χ2v) is 4.72. The second kappa shape index (κ2) is 6.39. The van der Waals surface area contributed by atoms with Gasteiger partial charge in [-0.25, -0.2) is 0 Å². The van der Waals surface area contributed by atoms with Gasteiger partial charge in [-0.15, -0.1) is 0 Å². The first kappa shape index (κ1) is 14.5. The summed E-state index contributed by atoms with van der Waals surface area (Å²) in [6.07, 6.45) is -0.478. The van der Waals surface area contributed by atoms with Crippen molar-refractivity contribution in [1.29, 1.82) is 5.26 Å². The van der Waals surface area contributed by atoms with Crippen molar-refractivity contribution in [2.45, 2.75) is 20.0 Å². The van der Waals surface area contributed by atoms with E-state index in [1.54, 1.807) is 21.0 Å². The standard InChI is InChI=1S/C14H19NO3/c1-14(2,9-15)10-18-13(8-16)11-6-4-5-7-12(11)17-3/h4-7,13,16H,8,10H2,1-3H3. The molecule has 1 N–H and O–H groups in total. The molecule has 1 aromatic carbocycles. The molecule has 1 atom stereocenters. The van der Waals surface area contributed by atoms with E-state index < -0.39 is 11.5 Å². The zero-order chi connectivity index (χ0) is 13.6. The maximum absolute atomic E-state index is 9.41. The molecule has 0 spiro atoms. The van der Waals surface area contributed by atoms with Crippen LogP contribution in [0.4, 0.5) is 0 Å². The smallest absolute Gasteiger partial charge is 0.124 e. The van der Waals surface area contributed by atoms with Gasteiger partial charge in [0.25, 0.3) is 0 Å². The van der Waals surface area contributed by atoms with Gasteiger partial charge < -0.3 is 14.6 Å². The summed E-state index contributed by atoms with van der Waals surface area (Å²) in [4.78, 5) is 0. The number of ether oxygens (including phenoxy) is 2. The van der Waals surface area contributed by atoms with Crippen LogP contribution in [0, 0.1) is 16.7 Å². The molecule has 0 aromatic heterocycles. The van der Waals surface area contributed by atoms with Crippen molar-refractivity contribution in [2.24, 2.45) is 5.41 Å². The highest BCUT2D eigenvalue weighted by atomic mass is 16.5. The Labute approximate surface area is 108 Å². The average Bonchev–Trinajstić information content (AvgIpc) is 2.40. The van der Waals surface area contributed by atoms with Crippen molar-refractivity contribution in [3.8, 4) is 11.8 Å². The summed E-state index contributed by atoms with van der Waals surface area (Å²) in [5, 5.41) is 18.3. The van der Waals surface area contributed by atoms with Crippen LogP contribution in [0.2, 0.25) is 0 Å². The number of benzene rings is 1. The van der Waals surface area contributed by atoms with Crippen LogP contribution in [0.1, 0.15) is 25.5 Å². The van der Waals surface area contributed by atoms with Crippen LogP contribution < -0.4 is 4.74 Å². The number of para-hydroxylation sites is 1. The summed E-state index contributed by atoms with van der Waals surface area (Å²) >= 11 is 0. The number of hydrogen-bond acceptors (Lipinski definition) is 4. The maximum atomic E-state index is 9.41. The summed E-state index contributed by atoms with van der Waals surface area (Å²) in [5.41, 5.74) is 0.214. The molecule has 0 fully saturated rings. The van der Waals surface area contributed by atoms with Crippen molar-refractivity contribution >= 4 is 0 Å². The van der Waals surface area contributed by atoms with Crippen LogP contribution in [0.15, 0.2) is 24.3 Å². The maximum Gasteiger partial charge on any atom is 0.124 e. The average molecular weight is 249 g/mol. The van der Waals surface area contributed by atoms with Crippen molar-refractivity contribution in [1.82, 2.24) is 0 Å². The Bertz CT molecular complexity index is 423. The lowest BCUT2D eigenvalue weighted by Crippen LogP contribution is -2.21. The molecule has 1 aromatic rings. The van der Waals surface area contributed by atoms with Crippen molar-refractivity contribution in [3.05, 3.63) is 29.8 Å². The Morgan fingerprint density at radius 1 is 1.39 bits per heavy atom. The third kappa shape index (κ3) is 3.73. The van der Waals surface area contributed by atoms with Crippen molar-refractivity contribution < 1.29 is 14.6 Å². The Kier molecular flexibility index (Phi) is 5.14. The second-order valence-electron chi connectivity index (χ2n) is 4.72. The molecule has 0 aliphatic rings. The molecular weight excluding hydrogens is 230 g/mol. The Balaban J connectivity index is 2.81. The zero-order valence-corrected chi connectivity index (χ0v) is 11.0. The van der Waals surface area contributed by atoms with Gasteiger partial charge in [0.1, 0.15) is 11.9 Å². The molecule has 1 rings (SSSR count). The van der Waals surface area contributed by atoms with Gasteiger partial charge >= 0.3 is 0 Å².